The molecule has 0 saturated carbocycles. The van der Waals surface area contributed by atoms with Crippen molar-refractivity contribution >= 4 is 33.3 Å². The van der Waals surface area contributed by atoms with Gasteiger partial charge in [0.2, 0.25) is 0 Å². The van der Waals surface area contributed by atoms with Gasteiger partial charge >= 0.3 is 0 Å². The Balaban J connectivity index is 1.25. The Hall–Kier alpha value is -2.38. The summed E-state index contributed by atoms with van der Waals surface area (Å²) >= 11 is 1.79. The van der Waals surface area contributed by atoms with Gasteiger partial charge in [-0.05, 0) is 25.0 Å². The highest BCUT2D eigenvalue weighted by molar-refractivity contribution is 7.15. The Labute approximate surface area is 167 Å². The number of hydrogen-bond donors (Lipinski definition) is 2. The molecule has 7 heteroatoms. The van der Waals surface area contributed by atoms with Crippen LogP contribution in [0.4, 0.5) is 5.13 Å². The molecule has 6 rings (SSSR count). The Morgan fingerprint density at radius 2 is 2.00 bits per heavy atom. The minimum absolute atomic E-state index is 0.0824. The predicted octanol–water partition coefficient (Wildman–Crippen LogP) is 2.76. The van der Waals surface area contributed by atoms with Gasteiger partial charge in [-0.2, -0.15) is 0 Å². The van der Waals surface area contributed by atoms with Crippen molar-refractivity contribution in [2.24, 2.45) is 0 Å². The van der Waals surface area contributed by atoms with E-state index in [2.05, 4.69) is 15.2 Å². The molecule has 28 heavy (non-hydrogen) atoms. The van der Waals surface area contributed by atoms with E-state index in [1.165, 1.54) is 28.5 Å². The number of piperazine rings is 1. The van der Waals surface area contributed by atoms with Crippen molar-refractivity contribution in [3.05, 3.63) is 46.6 Å². The summed E-state index contributed by atoms with van der Waals surface area (Å²) in [7, 11) is 0. The number of para-hydroxylation sites is 1. The molecule has 3 aromatic rings. The lowest BCUT2D eigenvalue weighted by atomic mass is 10.1. The molecule has 0 radical (unpaired) electrons. The lowest BCUT2D eigenvalue weighted by Gasteiger charge is -2.35. The summed E-state index contributed by atoms with van der Waals surface area (Å²) in [5.41, 5.74) is 2.88. The summed E-state index contributed by atoms with van der Waals surface area (Å²) < 4.78 is 0. The van der Waals surface area contributed by atoms with E-state index >= 15 is 0 Å². The maximum absolute atomic E-state index is 13.1. The fourth-order valence-electron chi connectivity index (χ4n) is 4.92. The van der Waals surface area contributed by atoms with Gasteiger partial charge in [0, 0.05) is 53.9 Å². The molecule has 2 atom stereocenters. The van der Waals surface area contributed by atoms with Gasteiger partial charge in [0.25, 0.3) is 5.91 Å². The Morgan fingerprint density at radius 1 is 1.18 bits per heavy atom. The molecule has 144 valence electrons. The number of nitrogens with one attached hydrogen (secondary N) is 2. The van der Waals surface area contributed by atoms with Crippen LogP contribution in [0.5, 0.6) is 0 Å². The van der Waals surface area contributed by atoms with Gasteiger partial charge in [-0.25, -0.2) is 4.98 Å². The largest absolute Gasteiger partial charge is 0.351 e. The Morgan fingerprint density at radius 3 is 2.82 bits per heavy atom. The number of carbonyl (C=O) groups excluding carboxylic acids is 1. The van der Waals surface area contributed by atoms with Crippen LogP contribution in [0.1, 0.15) is 33.9 Å². The van der Waals surface area contributed by atoms with Crippen molar-refractivity contribution in [3.63, 3.8) is 0 Å². The topological polar surface area (TPSA) is 64.3 Å². The number of H-pyrrole nitrogens is 1. The number of aromatic amines is 1. The van der Waals surface area contributed by atoms with Gasteiger partial charge in [-0.1, -0.05) is 29.5 Å². The molecule has 5 heterocycles. The van der Waals surface area contributed by atoms with E-state index < -0.39 is 0 Å². The van der Waals surface area contributed by atoms with E-state index in [1.54, 1.807) is 11.3 Å². The van der Waals surface area contributed by atoms with E-state index in [0.717, 1.165) is 37.0 Å². The maximum atomic E-state index is 13.1. The van der Waals surface area contributed by atoms with Crippen molar-refractivity contribution in [3.8, 4) is 0 Å². The van der Waals surface area contributed by atoms with Gasteiger partial charge < -0.3 is 20.1 Å². The van der Waals surface area contributed by atoms with Crippen molar-refractivity contribution < 1.29 is 4.79 Å². The first-order valence-electron chi connectivity index (χ1n) is 10.1. The Kier molecular flexibility index (Phi) is 3.74. The number of benzene rings is 1. The van der Waals surface area contributed by atoms with Crippen LogP contribution in [-0.2, 0) is 13.0 Å². The number of nitrogens with zero attached hydrogens (tertiary/aromatic N) is 3. The van der Waals surface area contributed by atoms with Gasteiger partial charge in [-0.3, -0.25) is 4.79 Å². The number of rotatable bonds is 2. The second-order valence-electron chi connectivity index (χ2n) is 8.06. The average Bonchev–Trinajstić information content (AvgIpc) is 3.39. The molecule has 3 aliphatic rings. The number of anilines is 1. The average molecular weight is 394 g/mol. The summed E-state index contributed by atoms with van der Waals surface area (Å²) in [4.78, 5) is 27.1. The fourth-order valence-corrected chi connectivity index (χ4v) is 6.18. The van der Waals surface area contributed by atoms with Crippen molar-refractivity contribution in [2.45, 2.75) is 37.9 Å². The molecule has 2 unspecified atom stereocenters. The standard InChI is InChI=1S/C21H23N5OS/c27-20(18-9-13-3-1-2-4-16(13)23-18)25-8-7-17-19(12-25)28-21(24-17)26-14-5-6-15(26)11-22-10-14/h1-4,9,14-15,22-23H,5-8,10-12H2. The monoisotopic (exact) mass is 393 g/mol. The summed E-state index contributed by atoms with van der Waals surface area (Å²) in [5.74, 6) is 0.0824. The van der Waals surface area contributed by atoms with Gasteiger partial charge in [0.15, 0.2) is 5.13 Å². The van der Waals surface area contributed by atoms with Gasteiger partial charge in [0.1, 0.15) is 5.69 Å². The van der Waals surface area contributed by atoms with Crippen molar-refractivity contribution in [1.29, 1.82) is 0 Å². The van der Waals surface area contributed by atoms with E-state index in [9.17, 15) is 4.79 Å². The quantitative estimate of drug-likeness (QED) is 0.703. The molecule has 2 fully saturated rings. The summed E-state index contributed by atoms with van der Waals surface area (Å²) in [5, 5.41) is 5.79. The van der Waals surface area contributed by atoms with Gasteiger partial charge in [-0.15, -0.1) is 0 Å². The molecular formula is C21H23N5OS. The molecular weight excluding hydrogens is 370 g/mol. The van der Waals surface area contributed by atoms with Gasteiger partial charge in [0.05, 0.1) is 12.2 Å². The molecule has 0 spiro atoms. The fraction of sp³-hybridized carbons (Fsp3) is 0.429. The molecule has 1 aromatic carbocycles. The predicted molar refractivity (Wildman–Crippen MR) is 111 cm³/mol. The third-order valence-corrected chi connectivity index (χ3v) is 7.46. The van der Waals surface area contributed by atoms with Crippen molar-refractivity contribution in [1.82, 2.24) is 20.2 Å². The third-order valence-electron chi connectivity index (χ3n) is 6.37. The highest BCUT2D eigenvalue weighted by atomic mass is 32.1. The maximum Gasteiger partial charge on any atom is 0.270 e. The van der Waals surface area contributed by atoms with Crippen LogP contribution < -0.4 is 10.2 Å². The first-order valence-corrected chi connectivity index (χ1v) is 10.9. The first-order chi connectivity index (χ1) is 13.8. The molecule has 2 bridgehead atoms. The molecule has 2 saturated heterocycles. The second kappa shape index (κ2) is 6.32. The smallest absolute Gasteiger partial charge is 0.270 e. The number of amides is 1. The normalized spacial score (nSPS) is 24.0. The number of aromatic nitrogens is 2. The lowest BCUT2D eigenvalue weighted by molar-refractivity contribution is 0.0731. The van der Waals surface area contributed by atoms with Crippen LogP contribution in [0.2, 0.25) is 0 Å². The summed E-state index contributed by atoms with van der Waals surface area (Å²) in [6.45, 7) is 3.53. The minimum atomic E-state index is 0.0824. The highest BCUT2D eigenvalue weighted by Gasteiger charge is 2.39. The zero-order valence-corrected chi connectivity index (χ0v) is 16.5. The van der Waals surface area contributed by atoms with Crippen LogP contribution in [0.3, 0.4) is 0 Å². The van der Waals surface area contributed by atoms with E-state index in [1.807, 2.05) is 35.2 Å². The first kappa shape index (κ1) is 16.6. The number of hydrogen-bond acceptors (Lipinski definition) is 5. The summed E-state index contributed by atoms with van der Waals surface area (Å²) in [6.07, 6.45) is 3.36. The molecule has 2 N–H and O–H groups in total. The molecule has 6 nitrogen and oxygen atoms in total. The lowest BCUT2D eigenvalue weighted by Crippen LogP contribution is -2.51. The third kappa shape index (κ3) is 2.57. The van der Waals surface area contributed by atoms with Crippen LogP contribution in [0.15, 0.2) is 30.3 Å². The molecule has 1 amide bonds. The highest BCUT2D eigenvalue weighted by Crippen LogP contribution is 2.38. The van der Waals surface area contributed by atoms with Crippen LogP contribution in [0.25, 0.3) is 10.9 Å². The van der Waals surface area contributed by atoms with Crippen LogP contribution in [-0.4, -0.2) is 52.5 Å². The molecule has 0 aliphatic carbocycles. The van der Waals surface area contributed by atoms with Crippen molar-refractivity contribution in [2.75, 3.05) is 24.5 Å². The van der Waals surface area contributed by atoms with Crippen LogP contribution in [0, 0.1) is 0 Å². The molecule has 2 aromatic heterocycles. The zero-order valence-electron chi connectivity index (χ0n) is 15.6. The number of thiazole rings is 1. The summed E-state index contributed by atoms with van der Waals surface area (Å²) in [6, 6.07) is 11.2. The van der Waals surface area contributed by atoms with E-state index in [-0.39, 0.29) is 5.91 Å². The Bertz CT molecular complexity index is 1010. The SMILES string of the molecule is O=C(c1cc2ccccc2[nH]1)N1CCc2nc(N3C4CCC3CNC4)sc2C1. The number of carbonyl (C=O) groups is 1. The zero-order chi connectivity index (χ0) is 18.7. The van der Waals surface area contributed by atoms with E-state index in [0.29, 0.717) is 24.3 Å². The van der Waals surface area contributed by atoms with Crippen LogP contribution >= 0.6 is 11.3 Å². The molecule has 3 aliphatic heterocycles. The second-order valence-corrected chi connectivity index (χ2v) is 9.13. The van der Waals surface area contributed by atoms with E-state index in [4.69, 9.17) is 4.98 Å². The number of fused-ring (bicyclic) bond motifs is 4. The minimum Gasteiger partial charge on any atom is -0.351 e.